The van der Waals surface area contributed by atoms with Gasteiger partial charge in [-0.3, -0.25) is 19.7 Å². The Morgan fingerprint density at radius 3 is 2.63 bits per heavy atom. The molecule has 0 radical (unpaired) electrons. The van der Waals surface area contributed by atoms with Crippen molar-refractivity contribution in [1.29, 1.82) is 0 Å². The minimum absolute atomic E-state index is 0.0448. The highest BCUT2D eigenvalue weighted by Gasteiger charge is 2.38. The first-order chi connectivity index (χ1) is 9.02. The molecule has 3 unspecified atom stereocenters. The van der Waals surface area contributed by atoms with Gasteiger partial charge in [0.25, 0.3) is 0 Å². The molecular weight excluding hydrogens is 248 g/mol. The Hall–Kier alpha value is -1.47. The molecule has 7 heteroatoms. The van der Waals surface area contributed by atoms with Gasteiger partial charge in [-0.2, -0.15) is 0 Å². The molecule has 2 rings (SSSR count). The third kappa shape index (κ3) is 2.93. The number of amides is 3. The van der Waals surface area contributed by atoms with Crippen LogP contribution >= 0.6 is 0 Å². The highest BCUT2D eigenvalue weighted by molar-refractivity contribution is 6.04. The van der Waals surface area contributed by atoms with E-state index in [4.69, 9.17) is 0 Å². The minimum Gasteiger partial charge on any atom is -0.320 e. The van der Waals surface area contributed by atoms with Crippen LogP contribution in [0.2, 0.25) is 0 Å². The topological polar surface area (TPSA) is 90.5 Å². The SMILES string of the molecule is CCC1C(=O)NC(=O)CN1C(=O)C1CNC(C)CN1. The molecule has 0 saturated carbocycles. The van der Waals surface area contributed by atoms with E-state index in [0.717, 1.165) is 0 Å². The molecule has 2 aliphatic heterocycles. The highest BCUT2D eigenvalue weighted by atomic mass is 16.2. The number of imide groups is 1. The minimum atomic E-state index is -0.550. The summed E-state index contributed by atoms with van der Waals surface area (Å²) in [5, 5.41) is 8.62. The van der Waals surface area contributed by atoms with Crippen molar-refractivity contribution in [3.63, 3.8) is 0 Å². The molecule has 7 nitrogen and oxygen atoms in total. The Bertz CT molecular complexity index is 390. The Morgan fingerprint density at radius 2 is 2.05 bits per heavy atom. The van der Waals surface area contributed by atoms with Crippen molar-refractivity contribution >= 4 is 17.7 Å². The Balaban J connectivity index is 2.07. The highest BCUT2D eigenvalue weighted by Crippen LogP contribution is 2.11. The van der Waals surface area contributed by atoms with Crippen molar-refractivity contribution in [3.8, 4) is 0 Å². The molecule has 2 fully saturated rings. The maximum atomic E-state index is 12.4. The van der Waals surface area contributed by atoms with E-state index >= 15 is 0 Å². The fourth-order valence-corrected chi connectivity index (χ4v) is 2.46. The van der Waals surface area contributed by atoms with E-state index in [1.165, 1.54) is 4.90 Å². The van der Waals surface area contributed by atoms with Crippen LogP contribution in [0.4, 0.5) is 0 Å². The molecule has 0 aromatic rings. The number of carbonyl (C=O) groups excluding carboxylic acids is 3. The molecule has 0 aromatic heterocycles. The molecule has 3 amide bonds. The second kappa shape index (κ2) is 5.66. The van der Waals surface area contributed by atoms with Gasteiger partial charge in [0.15, 0.2) is 0 Å². The van der Waals surface area contributed by atoms with Crippen LogP contribution in [-0.2, 0) is 14.4 Å². The number of carbonyl (C=O) groups is 3. The molecule has 3 atom stereocenters. The summed E-state index contributed by atoms with van der Waals surface area (Å²) in [7, 11) is 0. The fraction of sp³-hybridized carbons (Fsp3) is 0.750. The first-order valence-corrected chi connectivity index (χ1v) is 6.63. The van der Waals surface area contributed by atoms with Gasteiger partial charge in [-0.15, -0.1) is 0 Å². The second-order valence-electron chi connectivity index (χ2n) is 5.07. The Labute approximate surface area is 112 Å². The van der Waals surface area contributed by atoms with Gasteiger partial charge in [0.05, 0.1) is 6.04 Å². The van der Waals surface area contributed by atoms with Crippen LogP contribution in [0.15, 0.2) is 0 Å². The van der Waals surface area contributed by atoms with Crippen LogP contribution in [0, 0.1) is 0 Å². The molecule has 0 spiro atoms. The number of rotatable bonds is 2. The summed E-state index contributed by atoms with van der Waals surface area (Å²) in [5.74, 6) is -0.987. The molecule has 0 aromatic carbocycles. The van der Waals surface area contributed by atoms with Crippen molar-refractivity contribution < 1.29 is 14.4 Å². The summed E-state index contributed by atoms with van der Waals surface area (Å²) in [5.41, 5.74) is 0. The first-order valence-electron chi connectivity index (χ1n) is 6.63. The lowest BCUT2D eigenvalue weighted by atomic mass is 10.1. The average molecular weight is 268 g/mol. The Kier molecular flexibility index (Phi) is 4.16. The van der Waals surface area contributed by atoms with Crippen LogP contribution in [0.3, 0.4) is 0 Å². The maximum absolute atomic E-state index is 12.4. The molecule has 3 N–H and O–H groups in total. The second-order valence-corrected chi connectivity index (χ2v) is 5.07. The van der Waals surface area contributed by atoms with E-state index in [9.17, 15) is 14.4 Å². The van der Waals surface area contributed by atoms with Crippen LogP contribution in [0.1, 0.15) is 20.3 Å². The monoisotopic (exact) mass is 268 g/mol. The first kappa shape index (κ1) is 14.0. The predicted octanol–water partition coefficient (Wildman–Crippen LogP) is -1.80. The predicted molar refractivity (Wildman–Crippen MR) is 68.2 cm³/mol. The van der Waals surface area contributed by atoms with Gasteiger partial charge in [0, 0.05) is 19.1 Å². The zero-order valence-corrected chi connectivity index (χ0v) is 11.2. The molecule has 106 valence electrons. The quantitative estimate of drug-likeness (QED) is 0.514. The van der Waals surface area contributed by atoms with Gasteiger partial charge in [-0.25, -0.2) is 0 Å². The van der Waals surface area contributed by atoms with Gasteiger partial charge in [-0.1, -0.05) is 6.92 Å². The van der Waals surface area contributed by atoms with E-state index < -0.39 is 11.9 Å². The lowest BCUT2D eigenvalue weighted by Gasteiger charge is -2.37. The molecule has 2 heterocycles. The summed E-state index contributed by atoms with van der Waals surface area (Å²) < 4.78 is 0. The van der Waals surface area contributed by atoms with Gasteiger partial charge in [0.2, 0.25) is 17.7 Å². The van der Waals surface area contributed by atoms with Crippen molar-refractivity contribution in [2.75, 3.05) is 19.6 Å². The van der Waals surface area contributed by atoms with Crippen LogP contribution < -0.4 is 16.0 Å². The number of hydrogen-bond donors (Lipinski definition) is 3. The lowest BCUT2D eigenvalue weighted by Crippen LogP contribution is -2.65. The summed E-state index contributed by atoms with van der Waals surface area (Å²) in [6.45, 7) is 5.02. The van der Waals surface area contributed by atoms with Crippen molar-refractivity contribution in [2.45, 2.75) is 38.4 Å². The van der Waals surface area contributed by atoms with E-state index in [0.29, 0.717) is 25.6 Å². The smallest absolute Gasteiger partial charge is 0.249 e. The standard InChI is InChI=1S/C12H20N4O3/c1-3-9-11(18)15-10(17)6-16(9)12(19)8-5-13-7(2)4-14-8/h7-9,13-14H,3-6H2,1-2H3,(H,15,17,18). The number of nitrogens with one attached hydrogen (secondary N) is 3. The van der Waals surface area contributed by atoms with Gasteiger partial charge in [-0.05, 0) is 13.3 Å². The molecular formula is C12H20N4O3. The zero-order valence-electron chi connectivity index (χ0n) is 11.2. The largest absolute Gasteiger partial charge is 0.320 e. The third-order valence-electron chi connectivity index (χ3n) is 3.56. The Morgan fingerprint density at radius 1 is 1.32 bits per heavy atom. The molecule has 0 aliphatic carbocycles. The van der Waals surface area contributed by atoms with Gasteiger partial charge in [0.1, 0.15) is 12.6 Å². The molecule has 19 heavy (non-hydrogen) atoms. The van der Waals surface area contributed by atoms with Gasteiger partial charge < -0.3 is 15.5 Å². The van der Waals surface area contributed by atoms with E-state index in [2.05, 4.69) is 16.0 Å². The van der Waals surface area contributed by atoms with Crippen LogP contribution in [0.5, 0.6) is 0 Å². The zero-order chi connectivity index (χ0) is 14.0. The normalized spacial score (nSPS) is 32.1. The number of nitrogens with zero attached hydrogens (tertiary/aromatic N) is 1. The number of piperazine rings is 2. The van der Waals surface area contributed by atoms with Gasteiger partial charge >= 0.3 is 0 Å². The lowest BCUT2D eigenvalue weighted by molar-refractivity contribution is -0.151. The molecule has 2 aliphatic rings. The average Bonchev–Trinajstić information content (AvgIpc) is 2.38. The van der Waals surface area contributed by atoms with Crippen molar-refractivity contribution in [3.05, 3.63) is 0 Å². The van der Waals surface area contributed by atoms with E-state index in [1.54, 1.807) is 0 Å². The summed E-state index contributed by atoms with van der Waals surface area (Å²) in [6, 6.07) is -0.604. The van der Waals surface area contributed by atoms with E-state index in [-0.39, 0.29) is 24.4 Å². The van der Waals surface area contributed by atoms with Crippen LogP contribution in [-0.4, -0.2) is 60.4 Å². The number of hydrogen-bond acceptors (Lipinski definition) is 5. The summed E-state index contributed by atoms with van der Waals surface area (Å²) in [6.07, 6.45) is 0.501. The third-order valence-corrected chi connectivity index (χ3v) is 3.56. The summed E-state index contributed by atoms with van der Waals surface area (Å²) in [4.78, 5) is 36.9. The molecule has 2 saturated heterocycles. The van der Waals surface area contributed by atoms with E-state index in [1.807, 2.05) is 13.8 Å². The fourth-order valence-electron chi connectivity index (χ4n) is 2.46. The van der Waals surface area contributed by atoms with Crippen LogP contribution in [0.25, 0.3) is 0 Å². The summed E-state index contributed by atoms with van der Waals surface area (Å²) >= 11 is 0. The molecule has 0 bridgehead atoms. The van der Waals surface area contributed by atoms with Crippen molar-refractivity contribution in [2.24, 2.45) is 0 Å². The van der Waals surface area contributed by atoms with Crippen molar-refractivity contribution in [1.82, 2.24) is 20.9 Å². The maximum Gasteiger partial charge on any atom is 0.249 e.